The minimum atomic E-state index is 0.0165. The molecule has 0 bridgehead atoms. The second-order valence-corrected chi connectivity index (χ2v) is 5.55. The van der Waals surface area contributed by atoms with Crippen molar-refractivity contribution in [1.82, 2.24) is 5.32 Å². The van der Waals surface area contributed by atoms with Gasteiger partial charge in [0.2, 0.25) is 5.91 Å². The van der Waals surface area contributed by atoms with Crippen molar-refractivity contribution in [3.8, 4) is 0 Å². The van der Waals surface area contributed by atoms with E-state index in [0.717, 1.165) is 25.2 Å². The van der Waals surface area contributed by atoms with Crippen LogP contribution in [-0.4, -0.2) is 18.0 Å². The minimum Gasteiger partial charge on any atom is -0.354 e. The van der Waals surface area contributed by atoms with Crippen molar-refractivity contribution in [1.29, 1.82) is 0 Å². The number of nitrogens with one attached hydrogen (secondary N) is 1. The fourth-order valence-electron chi connectivity index (χ4n) is 1.95. The molecule has 0 aromatic carbocycles. The second kappa shape index (κ2) is 9.46. The van der Waals surface area contributed by atoms with Crippen molar-refractivity contribution in [2.75, 3.05) is 0 Å². The molecule has 0 heterocycles. The Morgan fingerprint density at radius 2 is 1.82 bits per heavy atom. The summed E-state index contributed by atoms with van der Waals surface area (Å²) < 4.78 is 0. The van der Waals surface area contributed by atoms with Crippen LogP contribution in [0.2, 0.25) is 0 Å². The molecule has 0 spiro atoms. The maximum absolute atomic E-state index is 11.6. The largest absolute Gasteiger partial charge is 0.354 e. The van der Waals surface area contributed by atoms with Crippen LogP contribution in [0.4, 0.5) is 0 Å². The van der Waals surface area contributed by atoms with Crippen molar-refractivity contribution in [2.24, 2.45) is 11.7 Å². The summed E-state index contributed by atoms with van der Waals surface area (Å²) in [5.41, 5.74) is 5.84. The number of amides is 1. The van der Waals surface area contributed by atoms with E-state index in [1.807, 2.05) is 0 Å². The highest BCUT2D eigenvalue weighted by Crippen LogP contribution is 2.08. The summed E-state index contributed by atoms with van der Waals surface area (Å²) >= 11 is 0. The lowest BCUT2D eigenvalue weighted by atomic mass is 10.0. The third-order valence-electron chi connectivity index (χ3n) is 2.93. The van der Waals surface area contributed by atoms with E-state index in [2.05, 4.69) is 33.0 Å². The van der Waals surface area contributed by atoms with Crippen LogP contribution in [0.1, 0.15) is 66.2 Å². The maximum Gasteiger partial charge on any atom is 0.221 e. The molecule has 3 heteroatoms. The van der Waals surface area contributed by atoms with Crippen molar-refractivity contribution >= 4 is 5.91 Å². The molecule has 2 atom stereocenters. The Kier molecular flexibility index (Phi) is 9.14. The molecule has 102 valence electrons. The number of carbonyl (C=O) groups excluding carboxylic acids is 1. The van der Waals surface area contributed by atoms with Gasteiger partial charge in [-0.15, -0.1) is 0 Å². The quantitative estimate of drug-likeness (QED) is 0.653. The van der Waals surface area contributed by atoms with Gasteiger partial charge < -0.3 is 11.1 Å². The summed E-state index contributed by atoms with van der Waals surface area (Å²) in [5.74, 6) is 0.846. The molecular formula is C14H30N2O. The molecule has 0 aromatic rings. The Morgan fingerprint density at radius 3 is 2.35 bits per heavy atom. The summed E-state index contributed by atoms with van der Waals surface area (Å²) in [5, 5.41) is 3.02. The van der Waals surface area contributed by atoms with Gasteiger partial charge in [0.25, 0.3) is 0 Å². The lowest BCUT2D eigenvalue weighted by Gasteiger charge is -2.16. The van der Waals surface area contributed by atoms with E-state index in [1.54, 1.807) is 0 Å². The van der Waals surface area contributed by atoms with Gasteiger partial charge in [-0.25, -0.2) is 0 Å². The lowest BCUT2D eigenvalue weighted by molar-refractivity contribution is -0.122. The molecule has 0 radical (unpaired) electrons. The molecule has 0 aromatic heterocycles. The Balaban J connectivity index is 3.65. The molecule has 3 nitrogen and oxygen atoms in total. The normalized spacial score (nSPS) is 14.7. The number of hydrogen-bond acceptors (Lipinski definition) is 2. The molecule has 0 aliphatic carbocycles. The molecule has 0 aliphatic heterocycles. The molecule has 17 heavy (non-hydrogen) atoms. The molecule has 0 fully saturated rings. The molecule has 0 saturated heterocycles. The molecule has 0 aliphatic rings. The standard InChI is InChI=1S/C14H30N2O/c1-5-7-13(15)10-14(17)16-12(4)9-6-8-11(2)3/h11-13H,5-10,15H2,1-4H3,(H,16,17). The Morgan fingerprint density at radius 1 is 1.18 bits per heavy atom. The van der Waals surface area contributed by atoms with Gasteiger partial charge in [-0.2, -0.15) is 0 Å². The third-order valence-corrected chi connectivity index (χ3v) is 2.93. The predicted octanol–water partition coefficient (Wildman–Crippen LogP) is 2.83. The predicted molar refractivity (Wildman–Crippen MR) is 73.8 cm³/mol. The zero-order chi connectivity index (χ0) is 13.3. The molecular weight excluding hydrogens is 212 g/mol. The second-order valence-electron chi connectivity index (χ2n) is 5.55. The smallest absolute Gasteiger partial charge is 0.221 e. The van der Waals surface area contributed by atoms with Crippen LogP contribution in [0.15, 0.2) is 0 Å². The molecule has 0 rings (SSSR count). The summed E-state index contributed by atoms with van der Waals surface area (Å²) in [6.07, 6.45) is 5.90. The van der Waals surface area contributed by atoms with Gasteiger partial charge in [0, 0.05) is 18.5 Å². The van der Waals surface area contributed by atoms with E-state index in [9.17, 15) is 4.79 Å². The van der Waals surface area contributed by atoms with E-state index < -0.39 is 0 Å². The third kappa shape index (κ3) is 10.3. The SMILES string of the molecule is CCCC(N)CC(=O)NC(C)CCCC(C)C. The first-order chi connectivity index (χ1) is 7.95. The molecule has 0 saturated carbocycles. The number of rotatable bonds is 9. The van der Waals surface area contributed by atoms with Crippen LogP contribution in [0, 0.1) is 5.92 Å². The van der Waals surface area contributed by atoms with Crippen LogP contribution >= 0.6 is 0 Å². The Labute approximate surface area is 107 Å². The van der Waals surface area contributed by atoms with Gasteiger partial charge >= 0.3 is 0 Å². The van der Waals surface area contributed by atoms with Crippen molar-refractivity contribution in [2.45, 2.75) is 78.3 Å². The maximum atomic E-state index is 11.6. The van der Waals surface area contributed by atoms with Crippen LogP contribution in [0.3, 0.4) is 0 Å². The van der Waals surface area contributed by atoms with E-state index in [-0.39, 0.29) is 18.0 Å². The zero-order valence-corrected chi connectivity index (χ0v) is 12.0. The molecule has 2 unspecified atom stereocenters. The van der Waals surface area contributed by atoms with Crippen LogP contribution in [-0.2, 0) is 4.79 Å². The number of carbonyl (C=O) groups is 1. The topological polar surface area (TPSA) is 55.1 Å². The number of nitrogens with two attached hydrogens (primary N) is 1. The van der Waals surface area contributed by atoms with E-state index in [1.165, 1.54) is 12.8 Å². The first kappa shape index (κ1) is 16.4. The molecule has 3 N–H and O–H groups in total. The first-order valence-corrected chi connectivity index (χ1v) is 7.00. The Bertz CT molecular complexity index is 204. The highest BCUT2D eigenvalue weighted by molar-refractivity contribution is 5.76. The van der Waals surface area contributed by atoms with E-state index in [0.29, 0.717) is 6.42 Å². The summed E-state index contributed by atoms with van der Waals surface area (Å²) in [7, 11) is 0. The van der Waals surface area contributed by atoms with Crippen molar-refractivity contribution in [3.05, 3.63) is 0 Å². The van der Waals surface area contributed by atoms with Gasteiger partial charge in [-0.3, -0.25) is 4.79 Å². The first-order valence-electron chi connectivity index (χ1n) is 7.00. The van der Waals surface area contributed by atoms with Gasteiger partial charge in [0.05, 0.1) is 0 Å². The van der Waals surface area contributed by atoms with E-state index >= 15 is 0 Å². The zero-order valence-electron chi connectivity index (χ0n) is 12.0. The van der Waals surface area contributed by atoms with E-state index in [4.69, 9.17) is 5.73 Å². The lowest BCUT2D eigenvalue weighted by Crippen LogP contribution is -2.36. The number of hydrogen-bond donors (Lipinski definition) is 2. The van der Waals surface area contributed by atoms with Gasteiger partial charge in [0.1, 0.15) is 0 Å². The fraction of sp³-hybridized carbons (Fsp3) is 0.929. The average molecular weight is 242 g/mol. The minimum absolute atomic E-state index is 0.0165. The van der Waals surface area contributed by atoms with Crippen LogP contribution in [0.5, 0.6) is 0 Å². The Hall–Kier alpha value is -0.570. The highest BCUT2D eigenvalue weighted by atomic mass is 16.1. The van der Waals surface area contributed by atoms with Crippen LogP contribution in [0.25, 0.3) is 0 Å². The average Bonchev–Trinajstić information content (AvgIpc) is 2.16. The summed E-state index contributed by atoms with van der Waals surface area (Å²) in [4.78, 5) is 11.6. The van der Waals surface area contributed by atoms with Crippen LogP contribution < -0.4 is 11.1 Å². The summed E-state index contributed by atoms with van der Waals surface area (Å²) in [6.45, 7) is 8.62. The van der Waals surface area contributed by atoms with Gasteiger partial charge in [0.15, 0.2) is 0 Å². The highest BCUT2D eigenvalue weighted by Gasteiger charge is 2.11. The van der Waals surface area contributed by atoms with Crippen molar-refractivity contribution in [3.63, 3.8) is 0 Å². The van der Waals surface area contributed by atoms with Crippen molar-refractivity contribution < 1.29 is 4.79 Å². The monoisotopic (exact) mass is 242 g/mol. The fourth-order valence-corrected chi connectivity index (χ4v) is 1.95. The summed E-state index contributed by atoms with van der Waals surface area (Å²) in [6, 6.07) is 0.290. The van der Waals surface area contributed by atoms with Gasteiger partial charge in [-0.05, 0) is 25.7 Å². The molecule has 1 amide bonds. The van der Waals surface area contributed by atoms with Gasteiger partial charge in [-0.1, -0.05) is 40.0 Å².